The molecule has 21 heavy (non-hydrogen) atoms. The molecule has 0 aliphatic carbocycles. The molecule has 0 aliphatic rings. The zero-order valence-electron chi connectivity index (χ0n) is 11.7. The molecule has 108 valence electrons. The summed E-state index contributed by atoms with van der Waals surface area (Å²) >= 11 is 3.41. The summed E-state index contributed by atoms with van der Waals surface area (Å²) in [6.45, 7) is 1.91. The molecule has 4 nitrogen and oxygen atoms in total. The molecule has 2 aromatic carbocycles. The van der Waals surface area contributed by atoms with Gasteiger partial charge in [0, 0.05) is 21.4 Å². The first-order chi connectivity index (χ1) is 10.0. The highest BCUT2D eigenvalue weighted by Gasteiger charge is 2.16. The number of ether oxygens (including phenoxy) is 1. The van der Waals surface area contributed by atoms with Crippen LogP contribution in [0.5, 0.6) is 0 Å². The van der Waals surface area contributed by atoms with E-state index in [1.165, 1.54) is 7.11 Å². The average molecular weight is 347 g/mol. The normalized spacial score (nSPS) is 10.0. The molecule has 0 aromatic heterocycles. The van der Waals surface area contributed by atoms with E-state index < -0.39 is 5.97 Å². The van der Waals surface area contributed by atoms with Gasteiger partial charge < -0.3 is 10.1 Å². The van der Waals surface area contributed by atoms with Crippen molar-refractivity contribution in [2.24, 2.45) is 0 Å². The number of rotatable bonds is 4. The van der Waals surface area contributed by atoms with Crippen LogP contribution in [0, 0.1) is 12.3 Å². The van der Waals surface area contributed by atoms with Crippen molar-refractivity contribution in [2.45, 2.75) is 6.92 Å². The van der Waals surface area contributed by atoms with Crippen LogP contribution in [0.2, 0.25) is 0 Å². The Bertz CT molecular complexity index is 698. The largest absolute Gasteiger partial charge is 0.464 e. The lowest BCUT2D eigenvalue weighted by atomic mass is 10.0. The summed E-state index contributed by atoms with van der Waals surface area (Å²) in [5.41, 5.74) is 2.88. The molecule has 0 spiro atoms. The van der Waals surface area contributed by atoms with Gasteiger partial charge in [0.25, 0.3) is 0 Å². The van der Waals surface area contributed by atoms with Gasteiger partial charge in [-0.25, -0.2) is 4.79 Å². The molecule has 0 saturated heterocycles. The van der Waals surface area contributed by atoms with Crippen LogP contribution < -0.4 is 5.32 Å². The van der Waals surface area contributed by atoms with Crippen molar-refractivity contribution >= 4 is 39.0 Å². The van der Waals surface area contributed by atoms with E-state index in [1.807, 2.05) is 43.3 Å². The van der Waals surface area contributed by atoms with Gasteiger partial charge >= 0.3 is 5.97 Å². The van der Waals surface area contributed by atoms with Crippen molar-refractivity contribution in [1.29, 1.82) is 5.41 Å². The minimum atomic E-state index is -0.655. The predicted molar refractivity (Wildman–Crippen MR) is 87.4 cm³/mol. The first kappa shape index (κ1) is 15.3. The smallest absolute Gasteiger partial charge is 0.356 e. The fourth-order valence-corrected chi connectivity index (χ4v) is 2.31. The number of aryl methyl sites for hydroxylation is 1. The maximum Gasteiger partial charge on any atom is 0.356 e. The van der Waals surface area contributed by atoms with E-state index in [1.54, 1.807) is 6.07 Å². The van der Waals surface area contributed by atoms with Gasteiger partial charge in [-0.05, 0) is 37.3 Å². The van der Waals surface area contributed by atoms with Crippen molar-refractivity contribution in [3.05, 3.63) is 58.1 Å². The van der Waals surface area contributed by atoms with Crippen molar-refractivity contribution < 1.29 is 9.53 Å². The molecule has 5 heteroatoms. The van der Waals surface area contributed by atoms with Crippen LogP contribution in [0.4, 0.5) is 11.4 Å². The second-order valence-corrected chi connectivity index (χ2v) is 5.47. The molecule has 0 radical (unpaired) electrons. The number of benzene rings is 2. The quantitative estimate of drug-likeness (QED) is 0.648. The Morgan fingerprint density at radius 2 is 2.00 bits per heavy atom. The number of hydrogen-bond acceptors (Lipinski definition) is 4. The number of anilines is 2. The van der Waals surface area contributed by atoms with Crippen molar-refractivity contribution in [2.75, 3.05) is 12.4 Å². The Hall–Kier alpha value is -2.14. The maximum absolute atomic E-state index is 11.6. The Kier molecular flexibility index (Phi) is 4.75. The lowest BCUT2D eigenvalue weighted by Gasteiger charge is -2.13. The third-order valence-electron chi connectivity index (χ3n) is 2.94. The zero-order valence-corrected chi connectivity index (χ0v) is 13.3. The van der Waals surface area contributed by atoms with Crippen LogP contribution in [0.15, 0.2) is 46.9 Å². The van der Waals surface area contributed by atoms with E-state index in [2.05, 4.69) is 26.0 Å². The molecular weight excluding hydrogens is 332 g/mol. The predicted octanol–water partition coefficient (Wildman–Crippen LogP) is 4.04. The van der Waals surface area contributed by atoms with Crippen molar-refractivity contribution in [3.8, 4) is 0 Å². The van der Waals surface area contributed by atoms with E-state index >= 15 is 0 Å². The Labute approximate surface area is 131 Å². The van der Waals surface area contributed by atoms with Gasteiger partial charge in [-0.3, -0.25) is 5.41 Å². The fourth-order valence-electron chi connectivity index (χ4n) is 1.91. The standard InChI is InChI=1S/C16H15BrN2O2/c1-10-6-7-14(13(8-10)15(18)16(20)21-2)19-12-5-3-4-11(17)9-12/h3-9,18-19H,1-2H3. The molecule has 0 atom stereocenters. The first-order valence-corrected chi connectivity index (χ1v) is 7.11. The van der Waals surface area contributed by atoms with Crippen LogP contribution in [0.1, 0.15) is 11.1 Å². The molecule has 0 aliphatic heterocycles. The summed E-state index contributed by atoms with van der Waals surface area (Å²) in [6, 6.07) is 13.2. The molecule has 0 saturated carbocycles. The minimum absolute atomic E-state index is 0.168. The fraction of sp³-hybridized carbons (Fsp3) is 0.125. The summed E-state index contributed by atoms with van der Waals surface area (Å²) in [7, 11) is 1.27. The molecule has 0 heterocycles. The monoisotopic (exact) mass is 346 g/mol. The Morgan fingerprint density at radius 3 is 2.67 bits per heavy atom. The van der Waals surface area contributed by atoms with Gasteiger partial charge in [-0.15, -0.1) is 0 Å². The Morgan fingerprint density at radius 1 is 1.24 bits per heavy atom. The van der Waals surface area contributed by atoms with Gasteiger partial charge in [-0.1, -0.05) is 33.6 Å². The number of carbonyl (C=O) groups is 1. The molecule has 2 aromatic rings. The van der Waals surface area contributed by atoms with Gasteiger partial charge in [0.2, 0.25) is 0 Å². The molecule has 2 N–H and O–H groups in total. The molecule has 0 unspecified atom stereocenters. The lowest BCUT2D eigenvalue weighted by molar-refractivity contribution is -0.132. The number of hydrogen-bond donors (Lipinski definition) is 2. The molecular formula is C16H15BrN2O2. The van der Waals surface area contributed by atoms with Crippen LogP contribution >= 0.6 is 15.9 Å². The summed E-state index contributed by atoms with van der Waals surface area (Å²) in [4.78, 5) is 11.6. The maximum atomic E-state index is 11.6. The molecule has 0 fully saturated rings. The second-order valence-electron chi connectivity index (χ2n) is 4.55. The number of methoxy groups -OCH3 is 1. The second kappa shape index (κ2) is 6.54. The highest BCUT2D eigenvalue weighted by atomic mass is 79.9. The highest BCUT2D eigenvalue weighted by molar-refractivity contribution is 9.10. The lowest BCUT2D eigenvalue weighted by Crippen LogP contribution is -2.17. The van der Waals surface area contributed by atoms with E-state index in [-0.39, 0.29) is 5.71 Å². The van der Waals surface area contributed by atoms with E-state index in [9.17, 15) is 4.79 Å². The van der Waals surface area contributed by atoms with Crippen molar-refractivity contribution in [3.63, 3.8) is 0 Å². The van der Waals surface area contributed by atoms with Crippen molar-refractivity contribution in [1.82, 2.24) is 0 Å². The highest BCUT2D eigenvalue weighted by Crippen LogP contribution is 2.25. The van der Waals surface area contributed by atoms with Gasteiger partial charge in [0.15, 0.2) is 0 Å². The number of halogens is 1. The first-order valence-electron chi connectivity index (χ1n) is 6.31. The van der Waals surface area contributed by atoms with E-state index in [0.29, 0.717) is 11.3 Å². The number of carbonyl (C=O) groups excluding carboxylic acids is 1. The average Bonchev–Trinajstić information content (AvgIpc) is 2.47. The summed E-state index contributed by atoms with van der Waals surface area (Å²) in [5.74, 6) is -0.655. The molecule has 0 bridgehead atoms. The Balaban J connectivity index is 2.39. The third kappa shape index (κ3) is 3.70. The van der Waals surface area contributed by atoms with Gasteiger partial charge in [-0.2, -0.15) is 0 Å². The van der Waals surface area contributed by atoms with Crippen LogP contribution in [0.25, 0.3) is 0 Å². The van der Waals surface area contributed by atoms with Gasteiger partial charge in [0.05, 0.1) is 7.11 Å². The molecule has 0 amide bonds. The summed E-state index contributed by atoms with van der Waals surface area (Å²) < 4.78 is 5.58. The van der Waals surface area contributed by atoms with Crippen LogP contribution in [-0.4, -0.2) is 18.8 Å². The number of nitrogens with one attached hydrogen (secondary N) is 2. The third-order valence-corrected chi connectivity index (χ3v) is 3.43. The molecule has 2 rings (SSSR count). The minimum Gasteiger partial charge on any atom is -0.464 e. The zero-order chi connectivity index (χ0) is 15.4. The number of esters is 1. The van der Waals surface area contributed by atoms with E-state index in [0.717, 1.165) is 15.7 Å². The van der Waals surface area contributed by atoms with E-state index in [4.69, 9.17) is 5.41 Å². The van der Waals surface area contributed by atoms with Crippen LogP contribution in [-0.2, 0) is 9.53 Å². The summed E-state index contributed by atoms with van der Waals surface area (Å²) in [5, 5.41) is 11.2. The van der Waals surface area contributed by atoms with Crippen LogP contribution in [0.3, 0.4) is 0 Å². The van der Waals surface area contributed by atoms with Gasteiger partial charge in [0.1, 0.15) is 5.71 Å². The summed E-state index contributed by atoms with van der Waals surface area (Å²) in [6.07, 6.45) is 0. The SMILES string of the molecule is COC(=O)C(=N)c1cc(C)ccc1Nc1cccc(Br)c1. The topological polar surface area (TPSA) is 62.2 Å².